The second kappa shape index (κ2) is 8.15. The zero-order valence-corrected chi connectivity index (χ0v) is 15.6. The number of ether oxygens (including phenoxy) is 1. The van der Waals surface area contributed by atoms with Crippen LogP contribution in [0.4, 0.5) is 0 Å². The highest BCUT2D eigenvalue weighted by molar-refractivity contribution is 5.36. The van der Waals surface area contributed by atoms with Gasteiger partial charge in [-0.2, -0.15) is 0 Å². The number of aromatic hydroxyl groups is 2. The first-order chi connectivity index (χ1) is 12.7. The maximum absolute atomic E-state index is 9.60. The van der Waals surface area contributed by atoms with Crippen LogP contribution in [0.25, 0.3) is 0 Å². The van der Waals surface area contributed by atoms with Crippen LogP contribution in [0.15, 0.2) is 18.2 Å². The molecule has 1 saturated carbocycles. The van der Waals surface area contributed by atoms with Crippen molar-refractivity contribution in [1.82, 2.24) is 9.80 Å². The molecule has 1 unspecified atom stereocenters. The van der Waals surface area contributed by atoms with E-state index in [0.29, 0.717) is 0 Å². The molecule has 0 spiro atoms. The van der Waals surface area contributed by atoms with Gasteiger partial charge in [0.05, 0.1) is 6.61 Å². The highest BCUT2D eigenvalue weighted by Gasteiger charge is 2.55. The van der Waals surface area contributed by atoms with Crippen molar-refractivity contribution in [3.63, 3.8) is 0 Å². The minimum Gasteiger partial charge on any atom is -0.508 e. The van der Waals surface area contributed by atoms with Gasteiger partial charge in [0.1, 0.15) is 11.5 Å². The van der Waals surface area contributed by atoms with Crippen LogP contribution in [0.5, 0.6) is 11.5 Å². The van der Waals surface area contributed by atoms with E-state index >= 15 is 0 Å². The third-order valence-electron chi connectivity index (χ3n) is 6.34. The molecule has 2 saturated heterocycles. The summed E-state index contributed by atoms with van der Waals surface area (Å²) in [5, 5.41) is 19.2. The number of phenolic OH excluding ortho intramolecular Hbond substituents is 2. The zero-order valence-electron chi connectivity index (χ0n) is 15.6. The molecule has 0 amide bonds. The third kappa shape index (κ3) is 4.51. The van der Waals surface area contributed by atoms with E-state index in [9.17, 15) is 10.2 Å². The summed E-state index contributed by atoms with van der Waals surface area (Å²) in [5.41, 5.74) is 0.981. The van der Waals surface area contributed by atoms with Gasteiger partial charge in [0.2, 0.25) is 0 Å². The Morgan fingerprint density at radius 1 is 0.923 bits per heavy atom. The van der Waals surface area contributed by atoms with E-state index in [1.165, 1.54) is 45.0 Å². The Morgan fingerprint density at radius 3 is 2.31 bits per heavy atom. The van der Waals surface area contributed by atoms with Gasteiger partial charge < -0.3 is 19.8 Å². The molecule has 0 radical (unpaired) electrons. The van der Waals surface area contributed by atoms with Crippen molar-refractivity contribution in [3.05, 3.63) is 23.8 Å². The van der Waals surface area contributed by atoms with Crippen molar-refractivity contribution in [3.8, 4) is 11.5 Å². The van der Waals surface area contributed by atoms with Crippen LogP contribution in [0.2, 0.25) is 0 Å². The number of nitrogens with zero attached hydrogens (tertiary/aromatic N) is 2. The highest BCUT2D eigenvalue weighted by Crippen LogP contribution is 2.52. The quantitative estimate of drug-likeness (QED) is 0.698. The predicted molar refractivity (Wildman–Crippen MR) is 101 cm³/mol. The third-order valence-corrected chi connectivity index (χ3v) is 6.34. The Kier molecular flexibility index (Phi) is 5.67. The van der Waals surface area contributed by atoms with Crippen LogP contribution >= 0.6 is 0 Å². The Hall–Kier alpha value is -1.30. The number of piperidine rings is 2. The van der Waals surface area contributed by atoms with Gasteiger partial charge in [0.25, 0.3) is 0 Å². The molecule has 4 rings (SSSR count). The van der Waals surface area contributed by atoms with E-state index in [2.05, 4.69) is 9.80 Å². The Bertz CT molecular complexity index is 571. The lowest BCUT2D eigenvalue weighted by Gasteiger charge is -2.26. The van der Waals surface area contributed by atoms with E-state index in [1.54, 1.807) is 12.1 Å². The van der Waals surface area contributed by atoms with Crippen LogP contribution in [-0.2, 0) is 11.3 Å². The van der Waals surface area contributed by atoms with Crippen molar-refractivity contribution in [2.75, 3.05) is 45.9 Å². The molecule has 1 aromatic rings. The smallest absolute Gasteiger partial charge is 0.119 e. The lowest BCUT2D eigenvalue weighted by atomic mass is 10.1. The average molecular weight is 360 g/mol. The minimum absolute atomic E-state index is 0.139. The van der Waals surface area contributed by atoms with E-state index in [1.807, 2.05) is 0 Å². The van der Waals surface area contributed by atoms with Crippen LogP contribution in [0, 0.1) is 17.8 Å². The van der Waals surface area contributed by atoms with Gasteiger partial charge in [-0.15, -0.1) is 0 Å². The fourth-order valence-electron chi connectivity index (χ4n) is 4.91. The molecule has 5 heteroatoms. The molecule has 3 atom stereocenters. The number of likely N-dealkylation sites (tertiary alicyclic amines) is 2. The fraction of sp³-hybridized carbons (Fsp3) is 0.714. The summed E-state index contributed by atoms with van der Waals surface area (Å²) in [7, 11) is 0. The number of phenols is 2. The number of benzene rings is 1. The van der Waals surface area contributed by atoms with Gasteiger partial charge in [0, 0.05) is 38.9 Å². The Morgan fingerprint density at radius 2 is 1.62 bits per heavy atom. The molecule has 1 aliphatic carbocycles. The van der Waals surface area contributed by atoms with E-state index in [-0.39, 0.29) is 11.5 Å². The largest absolute Gasteiger partial charge is 0.508 e. The topological polar surface area (TPSA) is 56.2 Å². The van der Waals surface area contributed by atoms with Gasteiger partial charge in [-0.1, -0.05) is 6.42 Å². The fourth-order valence-corrected chi connectivity index (χ4v) is 4.91. The molecular weight excluding hydrogens is 328 g/mol. The molecule has 1 aromatic carbocycles. The highest BCUT2D eigenvalue weighted by atomic mass is 16.5. The van der Waals surface area contributed by atoms with Crippen molar-refractivity contribution < 1.29 is 14.9 Å². The van der Waals surface area contributed by atoms with Crippen LogP contribution in [0.3, 0.4) is 0 Å². The summed E-state index contributed by atoms with van der Waals surface area (Å²) in [6, 6.07) is 4.86. The van der Waals surface area contributed by atoms with E-state index in [0.717, 1.165) is 62.6 Å². The minimum atomic E-state index is 0.139. The van der Waals surface area contributed by atoms with Gasteiger partial charge in [-0.25, -0.2) is 0 Å². The van der Waals surface area contributed by atoms with E-state index in [4.69, 9.17) is 4.74 Å². The first-order valence-electron chi connectivity index (χ1n) is 10.2. The normalized spacial score (nSPS) is 29.0. The summed E-state index contributed by atoms with van der Waals surface area (Å²) in [6.45, 7) is 8.61. The van der Waals surface area contributed by atoms with Gasteiger partial charge in [-0.05, 0) is 67.8 Å². The van der Waals surface area contributed by atoms with Crippen molar-refractivity contribution in [1.29, 1.82) is 0 Å². The second-order valence-electron chi connectivity index (χ2n) is 8.37. The Labute approximate surface area is 156 Å². The molecule has 3 fully saturated rings. The molecule has 2 aliphatic heterocycles. The van der Waals surface area contributed by atoms with Crippen molar-refractivity contribution >= 4 is 0 Å². The number of fused-ring (bicyclic) bond motifs is 1. The Balaban J connectivity index is 1.10. The van der Waals surface area contributed by atoms with Crippen molar-refractivity contribution in [2.45, 2.75) is 32.2 Å². The molecule has 0 aromatic heterocycles. The van der Waals surface area contributed by atoms with Gasteiger partial charge >= 0.3 is 0 Å². The molecule has 5 nitrogen and oxygen atoms in total. The monoisotopic (exact) mass is 360 g/mol. The molecule has 26 heavy (non-hydrogen) atoms. The SMILES string of the molecule is Oc1cc(O)cc(CN2C[C@@H]3C(COCCCN4CCCCC4)[C@@H]3C2)c1. The lowest BCUT2D eigenvalue weighted by molar-refractivity contribution is 0.0967. The predicted octanol–water partition coefficient (Wildman–Crippen LogP) is 2.67. The second-order valence-corrected chi connectivity index (χ2v) is 8.37. The average Bonchev–Trinajstić information content (AvgIpc) is 3.06. The number of hydrogen-bond acceptors (Lipinski definition) is 5. The maximum atomic E-state index is 9.60. The molecule has 144 valence electrons. The van der Waals surface area contributed by atoms with Crippen LogP contribution in [-0.4, -0.2) is 66.0 Å². The summed E-state index contributed by atoms with van der Waals surface area (Å²) in [6.07, 6.45) is 5.30. The standard InChI is InChI=1S/C21H32N2O3/c24-17-9-16(10-18(25)11-17)12-23-13-19-20(14-23)21(19)15-26-8-4-7-22-5-2-1-3-6-22/h9-11,19-21,24-25H,1-8,12-15H2/t19-,20+,21?. The summed E-state index contributed by atoms with van der Waals surface area (Å²) >= 11 is 0. The molecule has 0 bridgehead atoms. The summed E-state index contributed by atoms with van der Waals surface area (Å²) in [5.74, 6) is 2.59. The van der Waals surface area contributed by atoms with E-state index < -0.39 is 0 Å². The summed E-state index contributed by atoms with van der Waals surface area (Å²) < 4.78 is 5.96. The van der Waals surface area contributed by atoms with Crippen LogP contribution < -0.4 is 0 Å². The first-order valence-corrected chi connectivity index (χ1v) is 10.2. The molecule has 2 N–H and O–H groups in total. The van der Waals surface area contributed by atoms with Crippen molar-refractivity contribution in [2.24, 2.45) is 17.8 Å². The molecule has 3 aliphatic rings. The molecule has 2 heterocycles. The zero-order chi connectivity index (χ0) is 17.9. The lowest BCUT2D eigenvalue weighted by Crippen LogP contribution is -2.31. The van der Waals surface area contributed by atoms with Gasteiger partial charge in [-0.3, -0.25) is 4.90 Å². The first kappa shape index (κ1) is 18.1. The maximum Gasteiger partial charge on any atom is 0.119 e. The van der Waals surface area contributed by atoms with Gasteiger partial charge in [0.15, 0.2) is 0 Å². The molecular formula is C21H32N2O3. The number of rotatable bonds is 8. The van der Waals surface area contributed by atoms with Crippen LogP contribution in [0.1, 0.15) is 31.2 Å². The summed E-state index contributed by atoms with van der Waals surface area (Å²) in [4.78, 5) is 5.01. The number of hydrogen-bond donors (Lipinski definition) is 2.